The van der Waals surface area contributed by atoms with Crippen molar-refractivity contribution in [1.82, 2.24) is 20.2 Å². The number of aryl methyl sites for hydroxylation is 1. The van der Waals surface area contributed by atoms with Crippen molar-refractivity contribution in [1.29, 1.82) is 0 Å². The van der Waals surface area contributed by atoms with E-state index in [0.717, 1.165) is 36.7 Å². The number of hydrogen-bond donors (Lipinski definition) is 3. The van der Waals surface area contributed by atoms with Crippen LogP contribution in [0.4, 0.5) is 17.3 Å². The highest BCUT2D eigenvalue weighted by Gasteiger charge is 2.28. The van der Waals surface area contributed by atoms with Crippen molar-refractivity contribution < 1.29 is 9.59 Å². The fourth-order valence-corrected chi connectivity index (χ4v) is 7.00. The first-order valence-electron chi connectivity index (χ1n) is 15.8. The van der Waals surface area contributed by atoms with E-state index >= 15 is 0 Å². The molecule has 6 rings (SSSR count). The molecular weight excluding hydrogens is 538 g/mol. The van der Waals surface area contributed by atoms with Gasteiger partial charge in [-0.2, -0.15) is 0 Å². The molecule has 0 radical (unpaired) electrons. The summed E-state index contributed by atoms with van der Waals surface area (Å²) in [7, 11) is 0. The number of amides is 2. The molecule has 3 heterocycles. The van der Waals surface area contributed by atoms with Gasteiger partial charge in [0.25, 0.3) is 11.8 Å². The van der Waals surface area contributed by atoms with Gasteiger partial charge >= 0.3 is 0 Å². The van der Waals surface area contributed by atoms with Crippen LogP contribution in [0.25, 0.3) is 0 Å². The Labute approximate surface area is 254 Å². The van der Waals surface area contributed by atoms with Gasteiger partial charge in [-0.05, 0) is 94.3 Å². The molecule has 4 N–H and O–H groups in total. The maximum Gasteiger partial charge on any atom is 0.271 e. The van der Waals surface area contributed by atoms with Crippen LogP contribution in [0.2, 0.25) is 0 Å². The second kappa shape index (κ2) is 13.1. The van der Waals surface area contributed by atoms with E-state index in [1.165, 1.54) is 57.2 Å². The third-order valence-corrected chi connectivity index (χ3v) is 9.37. The van der Waals surface area contributed by atoms with Crippen LogP contribution in [0.3, 0.4) is 0 Å². The molecule has 9 heteroatoms. The number of primary amides is 1. The second-order valence-corrected chi connectivity index (χ2v) is 12.4. The molecule has 9 nitrogen and oxygen atoms in total. The van der Waals surface area contributed by atoms with E-state index in [-0.39, 0.29) is 17.6 Å². The number of benzene rings is 2. The van der Waals surface area contributed by atoms with E-state index in [1.54, 1.807) is 6.20 Å². The van der Waals surface area contributed by atoms with E-state index in [0.29, 0.717) is 29.7 Å². The lowest BCUT2D eigenvalue weighted by Crippen LogP contribution is -2.48. The number of likely N-dealkylation sites (tertiary alicyclic amines) is 1. The molecule has 226 valence electrons. The summed E-state index contributed by atoms with van der Waals surface area (Å²) in [6.45, 7) is 5.75. The number of carbonyl (C=O) groups excluding carboxylic acids is 2. The molecule has 1 aliphatic carbocycles. The van der Waals surface area contributed by atoms with Crippen LogP contribution in [-0.4, -0.2) is 64.9 Å². The van der Waals surface area contributed by atoms with Crippen molar-refractivity contribution in [3.63, 3.8) is 0 Å². The SMILES string of the molecule is Cc1cccc(C(=O)NC2CCCN(c3cnc(C(N)=O)c(Nc4ccc(C5CCN(C6CCCC6)CC5)cc4)n3)C2)c1. The van der Waals surface area contributed by atoms with E-state index in [9.17, 15) is 9.59 Å². The number of nitrogens with zero attached hydrogens (tertiary/aromatic N) is 4. The normalized spacial score (nSPS) is 20.2. The Bertz CT molecular complexity index is 1430. The van der Waals surface area contributed by atoms with Crippen LogP contribution >= 0.6 is 0 Å². The predicted octanol–water partition coefficient (Wildman–Crippen LogP) is 5.15. The lowest BCUT2D eigenvalue weighted by atomic mass is 9.88. The van der Waals surface area contributed by atoms with Gasteiger partial charge in [0.1, 0.15) is 5.82 Å². The van der Waals surface area contributed by atoms with E-state index < -0.39 is 5.91 Å². The number of nitrogens with one attached hydrogen (secondary N) is 2. The number of nitrogens with two attached hydrogens (primary N) is 1. The van der Waals surface area contributed by atoms with Crippen LogP contribution < -0.4 is 21.3 Å². The van der Waals surface area contributed by atoms with Crippen molar-refractivity contribution in [3.05, 3.63) is 77.1 Å². The van der Waals surface area contributed by atoms with Crippen LogP contribution in [0.1, 0.15) is 89.3 Å². The summed E-state index contributed by atoms with van der Waals surface area (Å²) in [6, 6.07) is 16.9. The number of carbonyl (C=O) groups is 2. The quantitative estimate of drug-likeness (QED) is 0.337. The third-order valence-electron chi connectivity index (χ3n) is 9.37. The Balaban J connectivity index is 1.10. The first-order valence-corrected chi connectivity index (χ1v) is 15.8. The van der Waals surface area contributed by atoms with E-state index in [1.807, 2.05) is 31.2 Å². The van der Waals surface area contributed by atoms with Crippen molar-refractivity contribution in [2.24, 2.45) is 5.73 Å². The molecular formula is C34H43N7O2. The Morgan fingerprint density at radius 1 is 0.930 bits per heavy atom. The number of rotatable bonds is 8. The standard InChI is InChI=1S/C34H43N7O2/c1-23-6-4-7-26(20-23)34(43)38-28-8-5-17-41(22-28)30-21-36-31(32(35)42)33(39-30)37-27-13-11-24(12-14-27)25-15-18-40(19-16-25)29-9-2-3-10-29/h4,6-7,11-14,20-21,25,28-29H,2-3,5,8-10,15-19,22H2,1H3,(H2,35,42)(H,37,39)(H,38,43). The fourth-order valence-electron chi connectivity index (χ4n) is 7.00. The zero-order chi connectivity index (χ0) is 29.8. The molecule has 43 heavy (non-hydrogen) atoms. The highest BCUT2D eigenvalue weighted by molar-refractivity contribution is 5.96. The minimum atomic E-state index is -0.630. The highest BCUT2D eigenvalue weighted by atomic mass is 16.2. The molecule has 1 atom stereocenters. The van der Waals surface area contributed by atoms with Crippen molar-refractivity contribution in [3.8, 4) is 0 Å². The van der Waals surface area contributed by atoms with E-state index in [2.05, 4.69) is 49.7 Å². The molecule has 1 aromatic heterocycles. The first kappa shape index (κ1) is 29.1. The third kappa shape index (κ3) is 6.99. The minimum absolute atomic E-state index is 0.0200. The van der Waals surface area contributed by atoms with Gasteiger partial charge in [-0.3, -0.25) is 9.59 Å². The lowest BCUT2D eigenvalue weighted by Gasteiger charge is -2.36. The van der Waals surface area contributed by atoms with Crippen molar-refractivity contribution in [2.45, 2.75) is 76.3 Å². The molecule has 2 saturated heterocycles. The van der Waals surface area contributed by atoms with Gasteiger partial charge in [-0.25, -0.2) is 9.97 Å². The average molecular weight is 582 g/mol. The lowest BCUT2D eigenvalue weighted by molar-refractivity contribution is 0.0931. The fraction of sp³-hybridized carbons (Fsp3) is 0.471. The number of aromatic nitrogens is 2. The zero-order valence-corrected chi connectivity index (χ0v) is 25.1. The minimum Gasteiger partial charge on any atom is -0.364 e. The van der Waals surface area contributed by atoms with Gasteiger partial charge in [0.2, 0.25) is 0 Å². The summed E-state index contributed by atoms with van der Waals surface area (Å²) < 4.78 is 0. The van der Waals surface area contributed by atoms with Gasteiger partial charge in [0.05, 0.1) is 6.20 Å². The van der Waals surface area contributed by atoms with Crippen LogP contribution in [-0.2, 0) is 0 Å². The summed E-state index contributed by atoms with van der Waals surface area (Å²) >= 11 is 0. The maximum absolute atomic E-state index is 12.9. The van der Waals surface area contributed by atoms with Gasteiger partial charge in [0.15, 0.2) is 11.5 Å². The number of piperidine rings is 2. The molecule has 2 aromatic carbocycles. The van der Waals surface area contributed by atoms with Crippen LogP contribution in [0.15, 0.2) is 54.7 Å². The number of anilines is 3. The van der Waals surface area contributed by atoms with Gasteiger partial charge in [0, 0.05) is 36.4 Å². The topological polar surface area (TPSA) is 116 Å². The summed E-state index contributed by atoms with van der Waals surface area (Å²) in [5.74, 6) is 0.862. The molecule has 2 amide bonds. The Morgan fingerprint density at radius 3 is 2.42 bits per heavy atom. The molecule has 0 bridgehead atoms. The van der Waals surface area contributed by atoms with Gasteiger partial charge < -0.3 is 26.2 Å². The first-order chi connectivity index (χ1) is 20.9. The van der Waals surface area contributed by atoms with Crippen molar-refractivity contribution >= 4 is 29.1 Å². The molecule has 0 spiro atoms. The van der Waals surface area contributed by atoms with Gasteiger partial charge in [-0.15, -0.1) is 0 Å². The summed E-state index contributed by atoms with van der Waals surface area (Å²) in [5, 5.41) is 6.47. The maximum atomic E-state index is 12.9. The molecule has 1 unspecified atom stereocenters. The summed E-state index contributed by atoms with van der Waals surface area (Å²) in [5.41, 5.74) is 9.69. The second-order valence-electron chi connectivity index (χ2n) is 12.4. The average Bonchev–Trinajstić information content (AvgIpc) is 3.57. The monoisotopic (exact) mass is 581 g/mol. The Hall–Kier alpha value is -3.98. The van der Waals surface area contributed by atoms with Crippen LogP contribution in [0, 0.1) is 6.92 Å². The zero-order valence-electron chi connectivity index (χ0n) is 25.1. The molecule has 2 aliphatic heterocycles. The smallest absolute Gasteiger partial charge is 0.271 e. The highest BCUT2D eigenvalue weighted by Crippen LogP contribution is 2.33. The van der Waals surface area contributed by atoms with E-state index in [4.69, 9.17) is 10.7 Å². The Morgan fingerprint density at radius 2 is 1.70 bits per heavy atom. The van der Waals surface area contributed by atoms with Gasteiger partial charge in [-0.1, -0.05) is 42.7 Å². The molecule has 3 fully saturated rings. The summed E-state index contributed by atoms with van der Waals surface area (Å²) in [4.78, 5) is 39.1. The molecule has 3 aliphatic rings. The largest absolute Gasteiger partial charge is 0.364 e. The number of hydrogen-bond acceptors (Lipinski definition) is 7. The van der Waals surface area contributed by atoms with Crippen molar-refractivity contribution in [2.75, 3.05) is 36.4 Å². The summed E-state index contributed by atoms with van der Waals surface area (Å²) in [6.07, 6.45) is 11.3. The Kier molecular flexibility index (Phi) is 8.88. The molecule has 3 aromatic rings. The molecule has 1 saturated carbocycles. The predicted molar refractivity (Wildman–Crippen MR) is 170 cm³/mol. The van der Waals surface area contributed by atoms with Crippen LogP contribution in [0.5, 0.6) is 0 Å².